The molecule has 13 nitrogen and oxygen atoms in total. The Bertz CT molecular complexity index is 1530. The van der Waals surface area contributed by atoms with Gasteiger partial charge in [-0.25, -0.2) is 8.42 Å². The van der Waals surface area contributed by atoms with Crippen LogP contribution >= 0.6 is 0 Å². The number of azo groups is 1. The van der Waals surface area contributed by atoms with Crippen molar-refractivity contribution in [2.75, 3.05) is 0 Å². The molecular weight excluding hydrogens is 526 g/mol. The van der Waals surface area contributed by atoms with E-state index in [0.717, 1.165) is 18.2 Å². The van der Waals surface area contributed by atoms with Crippen molar-refractivity contribution in [1.29, 1.82) is 0 Å². The number of nitrogens with zero attached hydrogens (tertiary/aromatic N) is 3. The number of nitro groups is 1. The summed E-state index contributed by atoms with van der Waals surface area (Å²) in [7, 11) is -5.11. The Balaban J connectivity index is 0.00000289. The SMILES string of the molecule is O.O.O.O=[N+]([O-])c1ccc2c(N=Nc3c([O-])ccc4ccccc34)c([O-])cc(S(=O)(=O)[O-])c2c1.[Cr+3]. The summed E-state index contributed by atoms with van der Waals surface area (Å²) in [5.74, 6) is -1.39. The van der Waals surface area contributed by atoms with Crippen LogP contribution in [0.15, 0.2) is 75.8 Å². The molecule has 35 heavy (non-hydrogen) atoms. The van der Waals surface area contributed by atoms with Crippen LogP contribution in [0.3, 0.4) is 0 Å². The van der Waals surface area contributed by atoms with Gasteiger partial charge in [0.25, 0.3) is 5.69 Å². The third kappa shape index (κ3) is 5.88. The van der Waals surface area contributed by atoms with E-state index in [9.17, 15) is 33.3 Å². The van der Waals surface area contributed by atoms with Gasteiger partial charge in [0.1, 0.15) is 10.1 Å². The third-order valence-corrected chi connectivity index (χ3v) is 5.49. The minimum Gasteiger partial charge on any atom is -0.871 e. The zero-order chi connectivity index (χ0) is 22.3. The Morgan fingerprint density at radius 2 is 1.34 bits per heavy atom. The maximum absolute atomic E-state index is 12.5. The molecule has 0 amide bonds. The number of rotatable bonds is 4. The molecule has 4 rings (SSSR count). The van der Waals surface area contributed by atoms with Crippen LogP contribution in [0.25, 0.3) is 21.5 Å². The maximum atomic E-state index is 12.5. The summed E-state index contributed by atoms with van der Waals surface area (Å²) in [4.78, 5) is 9.40. The van der Waals surface area contributed by atoms with Crippen molar-refractivity contribution in [3.63, 3.8) is 0 Å². The van der Waals surface area contributed by atoms with E-state index in [0.29, 0.717) is 16.8 Å². The van der Waals surface area contributed by atoms with Crippen LogP contribution in [-0.2, 0) is 27.5 Å². The van der Waals surface area contributed by atoms with Crippen LogP contribution in [0.2, 0.25) is 0 Å². The summed E-state index contributed by atoms with van der Waals surface area (Å²) >= 11 is 0. The van der Waals surface area contributed by atoms with Gasteiger partial charge in [-0.15, -0.1) is 0 Å². The molecule has 183 valence electrons. The van der Waals surface area contributed by atoms with Gasteiger partial charge in [-0.3, -0.25) is 10.1 Å². The first-order valence-corrected chi connectivity index (χ1v) is 10.1. The fourth-order valence-electron chi connectivity index (χ4n) is 3.20. The number of nitro benzene ring substituents is 1. The van der Waals surface area contributed by atoms with E-state index in [-0.39, 0.29) is 55.9 Å². The number of benzene rings is 4. The van der Waals surface area contributed by atoms with Crippen molar-refractivity contribution < 1.29 is 61.9 Å². The molecule has 0 heterocycles. The fourth-order valence-corrected chi connectivity index (χ4v) is 3.89. The normalized spacial score (nSPS) is 10.7. The molecule has 15 heteroatoms. The Morgan fingerprint density at radius 1 is 0.743 bits per heavy atom. The standard InChI is InChI=1S/C20H13N3O7S.Cr.3H2O/c24-16-8-5-11-3-1-2-4-13(11)19(16)21-22-20-14-7-6-12(23(26)27)9-15(14)18(10-17(20)25)31(28,29)30;;;;/h1-10,24-25H,(H,28,29,30);;3*1H2/q;+3;;;/p-3. The second-order valence-electron chi connectivity index (χ2n) is 6.50. The molecule has 0 saturated carbocycles. The number of non-ortho nitro benzene ring substituents is 1. The van der Waals surface area contributed by atoms with Crippen molar-refractivity contribution in [2.24, 2.45) is 10.2 Å². The Labute approximate surface area is 207 Å². The molecule has 0 bridgehead atoms. The second kappa shape index (κ2) is 11.6. The van der Waals surface area contributed by atoms with Crippen molar-refractivity contribution in [3.8, 4) is 11.5 Å². The monoisotopic (exact) mass is 542 g/mol. The van der Waals surface area contributed by atoms with E-state index >= 15 is 0 Å². The van der Waals surface area contributed by atoms with E-state index in [1.807, 2.05) is 0 Å². The van der Waals surface area contributed by atoms with E-state index in [4.69, 9.17) is 0 Å². The van der Waals surface area contributed by atoms with Crippen LogP contribution in [-0.4, -0.2) is 34.3 Å². The van der Waals surface area contributed by atoms with E-state index in [2.05, 4.69) is 10.2 Å². The molecule has 0 aromatic heterocycles. The number of fused-ring (bicyclic) bond motifs is 2. The van der Waals surface area contributed by atoms with Gasteiger partial charge >= 0.3 is 17.4 Å². The van der Waals surface area contributed by atoms with Crippen LogP contribution < -0.4 is 10.2 Å². The molecule has 0 fully saturated rings. The van der Waals surface area contributed by atoms with Crippen LogP contribution in [0.4, 0.5) is 17.1 Å². The molecule has 1 radical (unpaired) electrons. The average molecular weight is 542 g/mol. The molecule has 0 aliphatic rings. The van der Waals surface area contributed by atoms with E-state index in [1.54, 1.807) is 30.3 Å². The van der Waals surface area contributed by atoms with Crippen molar-refractivity contribution >= 4 is 48.7 Å². The molecule has 0 unspecified atom stereocenters. The quantitative estimate of drug-likeness (QED) is 0.155. The maximum Gasteiger partial charge on any atom is 3.00 e. The van der Waals surface area contributed by atoms with Crippen molar-refractivity contribution in [2.45, 2.75) is 4.90 Å². The van der Waals surface area contributed by atoms with Gasteiger partial charge in [-0.2, -0.15) is 10.2 Å². The van der Waals surface area contributed by atoms with Gasteiger partial charge in [0.15, 0.2) is 0 Å². The smallest absolute Gasteiger partial charge is 0.871 e. The topological polar surface area (TPSA) is 266 Å². The van der Waals surface area contributed by atoms with E-state index < -0.39 is 37.1 Å². The van der Waals surface area contributed by atoms with Gasteiger partial charge in [-0.1, -0.05) is 47.9 Å². The largest absolute Gasteiger partial charge is 3.00 e. The Kier molecular flexibility index (Phi) is 10.4. The summed E-state index contributed by atoms with van der Waals surface area (Å²) in [5.41, 5.74) is -0.868. The van der Waals surface area contributed by atoms with Crippen molar-refractivity contribution in [1.82, 2.24) is 0 Å². The predicted molar refractivity (Wildman–Crippen MR) is 116 cm³/mol. The van der Waals surface area contributed by atoms with E-state index in [1.165, 1.54) is 6.07 Å². The number of hydrogen-bond donors (Lipinski definition) is 0. The molecule has 0 aliphatic carbocycles. The summed E-state index contributed by atoms with van der Waals surface area (Å²) in [6.07, 6.45) is 0. The molecule has 0 aliphatic heterocycles. The van der Waals surface area contributed by atoms with Crippen LogP contribution in [0.5, 0.6) is 11.5 Å². The molecule has 4 aromatic rings. The summed E-state index contributed by atoms with van der Waals surface area (Å²) in [6.45, 7) is 0. The Hall–Kier alpha value is -3.68. The van der Waals surface area contributed by atoms with Gasteiger partial charge in [0, 0.05) is 28.3 Å². The van der Waals surface area contributed by atoms with Gasteiger partial charge in [0.2, 0.25) is 0 Å². The number of hydrogen-bond acceptors (Lipinski definition) is 9. The predicted octanol–water partition coefficient (Wildman–Crippen LogP) is 0.891. The first-order chi connectivity index (χ1) is 14.7. The Morgan fingerprint density at radius 3 is 1.94 bits per heavy atom. The minimum atomic E-state index is -5.11. The molecule has 0 spiro atoms. The molecule has 4 aromatic carbocycles. The zero-order valence-corrected chi connectivity index (χ0v) is 19.4. The second-order valence-corrected chi connectivity index (χ2v) is 7.84. The summed E-state index contributed by atoms with van der Waals surface area (Å²) in [5, 5.41) is 44.4. The molecule has 0 atom stereocenters. The molecule has 6 N–H and O–H groups in total. The third-order valence-electron chi connectivity index (χ3n) is 4.61. The van der Waals surface area contributed by atoms with Gasteiger partial charge in [-0.05, 0) is 17.5 Å². The first-order valence-electron chi connectivity index (χ1n) is 8.65. The molecular formula is C20H16CrN3O10S. The van der Waals surface area contributed by atoms with Crippen molar-refractivity contribution in [3.05, 3.63) is 70.8 Å². The zero-order valence-electron chi connectivity index (χ0n) is 17.3. The minimum absolute atomic E-state index is 0. The van der Waals surface area contributed by atoms with Gasteiger partial charge < -0.3 is 31.2 Å². The first kappa shape index (κ1) is 31.3. The summed E-state index contributed by atoms with van der Waals surface area (Å²) < 4.78 is 34.8. The van der Waals surface area contributed by atoms with Gasteiger partial charge in [0.05, 0.1) is 21.2 Å². The summed E-state index contributed by atoms with van der Waals surface area (Å²) in [6, 6.07) is 13.3. The van der Waals surface area contributed by atoms with Crippen LogP contribution in [0.1, 0.15) is 0 Å². The average Bonchev–Trinajstić information content (AvgIpc) is 2.72. The molecule has 0 saturated heterocycles. The van der Waals surface area contributed by atoms with Crippen LogP contribution in [0, 0.1) is 10.1 Å². The fraction of sp³-hybridized carbons (Fsp3) is 0.